The molecule has 4 aliphatic rings. The number of rotatable bonds is 20. The lowest BCUT2D eigenvalue weighted by Gasteiger charge is -2.25. The van der Waals surface area contributed by atoms with E-state index in [1.54, 1.807) is 0 Å². The number of fused-ring (bicyclic) bond motifs is 3. The Balaban J connectivity index is 0.775. The maximum absolute atomic E-state index is 14.0. The molecule has 7 aromatic heterocycles. The first-order chi connectivity index (χ1) is 38.1. The van der Waals surface area contributed by atoms with E-state index in [1.165, 1.54) is 58.6 Å². The highest BCUT2D eigenvalue weighted by atomic mass is 31.2. The molecule has 40 heteroatoms. The number of aromatic nitrogens is 14. The zero-order valence-corrected chi connectivity index (χ0v) is 44.1. The molecule has 12 N–H and O–H groups in total. The van der Waals surface area contributed by atoms with E-state index < -0.39 is 141 Å². The molecule has 0 bridgehead atoms. The second-order valence-electron chi connectivity index (χ2n) is 18.7. The number of aliphatic hydroxyl groups is 2. The van der Waals surface area contributed by atoms with Crippen molar-refractivity contribution in [2.45, 2.75) is 106 Å². The van der Waals surface area contributed by atoms with Crippen molar-refractivity contribution in [1.82, 2.24) is 68.1 Å². The van der Waals surface area contributed by atoms with Gasteiger partial charge in [0, 0.05) is 37.4 Å². The smallest absolute Gasteiger partial charge is 0.394 e. The van der Waals surface area contributed by atoms with Crippen molar-refractivity contribution in [2.75, 3.05) is 43.6 Å². The van der Waals surface area contributed by atoms with Crippen LogP contribution in [0.2, 0.25) is 0 Å². The molecule has 0 aliphatic carbocycles. The number of hydrogen-bond donors (Lipinski definition) is 9. The normalized spacial score (nSPS) is 29.4. The fourth-order valence-corrected chi connectivity index (χ4v) is 12.5. The number of imidazole rings is 3. The van der Waals surface area contributed by atoms with E-state index in [4.69, 9.17) is 63.3 Å². The number of nitrogens with zero attached hydrogens (tertiary/aromatic N) is 13. The Hall–Kier alpha value is -6.18. The van der Waals surface area contributed by atoms with Crippen molar-refractivity contribution in [3.8, 4) is 0 Å². The number of aryl methyl sites for hydroxylation is 1. The maximum Gasteiger partial charge on any atom is 0.472 e. The monoisotopic (exact) mass is 1180 g/mol. The Kier molecular flexibility index (Phi) is 15.3. The highest BCUT2D eigenvalue weighted by molar-refractivity contribution is 7.48. The van der Waals surface area contributed by atoms with Gasteiger partial charge in [0.1, 0.15) is 103 Å². The van der Waals surface area contributed by atoms with Crippen LogP contribution in [0.1, 0.15) is 56.2 Å². The lowest BCUT2D eigenvalue weighted by molar-refractivity contribution is -0.0628. The second-order valence-corrected chi connectivity index (χ2v) is 22.9. The van der Waals surface area contributed by atoms with Crippen molar-refractivity contribution >= 4 is 74.4 Å². The van der Waals surface area contributed by atoms with Crippen molar-refractivity contribution < 1.29 is 84.7 Å². The summed E-state index contributed by atoms with van der Waals surface area (Å²) in [5, 5.41) is 21.0. The summed E-state index contributed by atoms with van der Waals surface area (Å²) >= 11 is 0. The first-order valence-corrected chi connectivity index (χ1v) is 28.6. The molecule has 3 unspecified atom stereocenters. The summed E-state index contributed by atoms with van der Waals surface area (Å²) in [7, 11) is -15.6. The van der Waals surface area contributed by atoms with E-state index in [0.29, 0.717) is 11.2 Å². The van der Waals surface area contributed by atoms with Crippen molar-refractivity contribution in [2.24, 2.45) is 0 Å². The van der Waals surface area contributed by atoms with Crippen LogP contribution < -0.4 is 28.5 Å². The molecule has 0 spiro atoms. The minimum atomic E-state index is -5.35. The Labute approximate surface area is 446 Å². The molecule has 430 valence electrons. The number of nitrogen functional groups attached to an aromatic ring is 3. The lowest BCUT2D eigenvalue weighted by atomic mass is 10.2. The van der Waals surface area contributed by atoms with Gasteiger partial charge in [-0.15, -0.1) is 0 Å². The van der Waals surface area contributed by atoms with Crippen LogP contribution in [0.15, 0.2) is 53.7 Å². The fraction of sp³-hybridized carbons (Fsp3) is 0.525. The van der Waals surface area contributed by atoms with E-state index in [0.717, 1.165) is 10.8 Å². The Morgan fingerprint density at radius 1 is 0.562 bits per heavy atom. The Bertz CT molecular complexity index is 3720. The van der Waals surface area contributed by atoms with Gasteiger partial charge >= 0.3 is 29.2 Å². The van der Waals surface area contributed by atoms with E-state index in [1.807, 2.05) is 0 Å². The number of aromatic amines is 1. The average molecular weight is 1180 g/mol. The Morgan fingerprint density at radius 2 is 0.925 bits per heavy atom. The van der Waals surface area contributed by atoms with Gasteiger partial charge in [0.2, 0.25) is 0 Å². The lowest BCUT2D eigenvalue weighted by Crippen LogP contribution is -2.33. The predicted molar refractivity (Wildman–Crippen MR) is 264 cm³/mol. The van der Waals surface area contributed by atoms with Crippen molar-refractivity contribution in [3.05, 3.63) is 70.6 Å². The molecule has 4 saturated heterocycles. The topological polar surface area (TPSA) is 508 Å². The van der Waals surface area contributed by atoms with Gasteiger partial charge < -0.3 is 61.0 Å². The van der Waals surface area contributed by atoms with Gasteiger partial charge in [0.15, 0.2) is 34.4 Å². The minimum absolute atomic E-state index is 0.000205. The predicted octanol–water partition coefficient (Wildman–Crippen LogP) is -0.879. The van der Waals surface area contributed by atoms with Crippen LogP contribution in [0.5, 0.6) is 0 Å². The number of nitrogens with one attached hydrogen (secondary N) is 1. The summed E-state index contributed by atoms with van der Waals surface area (Å²) in [5.41, 5.74) is 17.8. The molecule has 7 aromatic rings. The molecule has 0 saturated carbocycles. The molecular formula is C40H50N17O20P3. The highest BCUT2D eigenvalue weighted by Crippen LogP contribution is 2.54. The van der Waals surface area contributed by atoms with Crippen LogP contribution in [0.4, 0.5) is 17.5 Å². The molecule has 15 atom stereocenters. The average Bonchev–Trinajstić information content (AvgIpc) is 4.35. The van der Waals surface area contributed by atoms with Gasteiger partial charge in [-0.25, -0.2) is 63.3 Å². The summed E-state index contributed by atoms with van der Waals surface area (Å²) in [5.74, 6) is 0.226. The van der Waals surface area contributed by atoms with Crippen LogP contribution in [0, 0.1) is 6.92 Å². The maximum atomic E-state index is 14.0. The number of H-pyrrole nitrogens is 1. The molecular weight excluding hydrogens is 1130 g/mol. The number of nitrogens with two attached hydrogens (primary N) is 3. The first-order valence-electron chi connectivity index (χ1n) is 24.1. The van der Waals surface area contributed by atoms with Gasteiger partial charge in [0.05, 0.1) is 51.5 Å². The van der Waals surface area contributed by atoms with E-state index in [9.17, 15) is 48.2 Å². The third-order valence-corrected chi connectivity index (χ3v) is 16.5. The standard InChI is InChI=1S/C40H50N17O20P3/c1-17-6-54(40(61)53-39(17)60)27-4-20(24(73-27)9-69-79(64,65)75-19-3-28(71-22(19)7-58)56-15-51-31-34(42)45-12-48-37(31)56)76-80(66,67)70-10-25-21(5-29(74-25)57-16-52-32-35(43)46-13-49-38(32)57)77-78(62,63)68-8-23-18(59)2-26(72-23)55-14-50-30-33(41)44-11-47-36(30)55/h6,11-16,18-29,58-59H,2-5,7-10H2,1H3,(H,62,63)(H,64,65)(H,66,67)(H2,41,44,47)(H2,42,45,48)(H2,43,46,49)(H,53,60,61)/t18-,19-,20-,21-,22+,23+,24+,25+,26+,27+,28+,29+/m0/s1. The molecule has 11 rings (SSSR count). The molecule has 11 heterocycles. The van der Waals surface area contributed by atoms with Crippen molar-refractivity contribution in [3.63, 3.8) is 0 Å². The zero-order chi connectivity index (χ0) is 56.4. The van der Waals surface area contributed by atoms with Gasteiger partial charge in [-0.05, 0) is 6.92 Å². The molecule has 37 nitrogen and oxygen atoms in total. The highest BCUT2D eigenvalue weighted by Gasteiger charge is 2.48. The molecule has 0 amide bonds. The van der Waals surface area contributed by atoms with Crippen LogP contribution in [-0.4, -0.2) is 168 Å². The van der Waals surface area contributed by atoms with E-state index in [2.05, 4.69) is 49.8 Å². The third-order valence-electron chi connectivity index (χ3n) is 13.5. The molecule has 4 aliphatic heterocycles. The second kappa shape index (κ2) is 21.9. The first kappa shape index (κ1) is 55.7. The summed E-state index contributed by atoms with van der Waals surface area (Å²) < 4.78 is 104. The Morgan fingerprint density at radius 3 is 1.35 bits per heavy atom. The summed E-state index contributed by atoms with van der Waals surface area (Å²) in [4.78, 5) is 97.8. The van der Waals surface area contributed by atoms with Gasteiger partial charge in [-0.2, -0.15) is 0 Å². The number of anilines is 3. The number of phosphoric ester groups is 3. The summed E-state index contributed by atoms with van der Waals surface area (Å²) in [6.45, 7) is -1.71. The van der Waals surface area contributed by atoms with Crippen LogP contribution in [0.3, 0.4) is 0 Å². The van der Waals surface area contributed by atoms with Crippen LogP contribution in [0.25, 0.3) is 33.5 Å². The van der Waals surface area contributed by atoms with Crippen molar-refractivity contribution in [1.29, 1.82) is 0 Å². The SMILES string of the molecule is Cc1cn([C@H]2C[C@H](OP(=O)(O)OC[C@H]3O[C@@H](n4cnc5c(N)ncnc54)C[C@@H]3OP(=O)(O)OC[C@H]3O[C@@H](n4cnc5c(N)ncnc54)C[C@@H]3O)[C@@H](COP(=O)(O)O[C@H]3C[C@H](n4cnc5c(N)ncnc54)O[C@@H]3CO)O2)c(=O)[nH]c1=O. The van der Waals surface area contributed by atoms with Gasteiger partial charge in [-0.3, -0.25) is 55.2 Å². The molecule has 80 heavy (non-hydrogen) atoms. The number of aliphatic hydroxyl groups excluding tert-OH is 2. The van der Waals surface area contributed by atoms with E-state index >= 15 is 0 Å². The fourth-order valence-electron chi connectivity index (χ4n) is 9.60. The number of hydrogen-bond acceptors (Lipinski definition) is 29. The third kappa shape index (κ3) is 11.4. The van der Waals surface area contributed by atoms with E-state index in [-0.39, 0.29) is 64.6 Å². The number of phosphoric acid groups is 3. The van der Waals surface area contributed by atoms with Gasteiger partial charge in [0.25, 0.3) is 5.56 Å². The summed E-state index contributed by atoms with van der Waals surface area (Å²) in [6, 6.07) is 0. The number of ether oxygens (including phenoxy) is 4. The molecule has 4 fully saturated rings. The van der Waals surface area contributed by atoms with Crippen LogP contribution in [-0.2, 0) is 59.8 Å². The van der Waals surface area contributed by atoms with Crippen LogP contribution >= 0.6 is 23.5 Å². The quantitative estimate of drug-likeness (QED) is 0.0419. The minimum Gasteiger partial charge on any atom is -0.394 e. The largest absolute Gasteiger partial charge is 0.472 e. The summed E-state index contributed by atoms with van der Waals surface area (Å²) in [6.07, 6.45) is -7.08. The molecule has 0 radical (unpaired) electrons. The van der Waals surface area contributed by atoms with Gasteiger partial charge in [-0.1, -0.05) is 0 Å². The zero-order valence-electron chi connectivity index (χ0n) is 41.4. The molecule has 0 aromatic carbocycles.